The quantitative estimate of drug-likeness (QED) is 0.537. The van der Waals surface area contributed by atoms with Crippen molar-refractivity contribution >= 4 is 19.4 Å². The lowest BCUT2D eigenvalue weighted by molar-refractivity contribution is -0.134. The third-order valence-electron chi connectivity index (χ3n) is 2.17. The third kappa shape index (κ3) is 3.02. The van der Waals surface area contributed by atoms with Gasteiger partial charge < -0.3 is 5.32 Å². The Labute approximate surface area is 87.7 Å². The molecule has 0 aromatic carbocycles. The van der Waals surface area contributed by atoms with Crippen molar-refractivity contribution in [2.75, 3.05) is 6.54 Å². The van der Waals surface area contributed by atoms with Crippen molar-refractivity contribution in [2.24, 2.45) is 11.0 Å². The van der Waals surface area contributed by atoms with E-state index >= 15 is 0 Å². The van der Waals surface area contributed by atoms with Gasteiger partial charge >= 0.3 is 7.59 Å². The molecule has 0 radical (unpaired) electrons. The summed E-state index contributed by atoms with van der Waals surface area (Å²) < 4.78 is 12.3. The molecule has 0 bridgehead atoms. The lowest BCUT2D eigenvalue weighted by atomic mass is 10.1. The van der Waals surface area contributed by atoms with Gasteiger partial charge in [-0.25, -0.2) is 0 Å². The first kappa shape index (κ1) is 12.2. The highest BCUT2D eigenvalue weighted by molar-refractivity contribution is 7.57. The van der Waals surface area contributed by atoms with E-state index in [4.69, 9.17) is 11.0 Å². The molecule has 7 nitrogen and oxygen atoms in total. The van der Waals surface area contributed by atoms with Crippen LogP contribution in [-0.4, -0.2) is 29.1 Å². The Balaban J connectivity index is 2.76. The molecule has 0 aromatic heterocycles. The van der Waals surface area contributed by atoms with E-state index in [1.54, 1.807) is 0 Å². The second-order valence-corrected chi connectivity index (χ2v) is 5.36. The first-order valence-electron chi connectivity index (χ1n) is 4.58. The summed E-state index contributed by atoms with van der Waals surface area (Å²) >= 11 is 0. The number of nitrogens with two attached hydrogens (primary N) is 2. The van der Waals surface area contributed by atoms with Crippen LogP contribution in [0.5, 0.6) is 0 Å². The van der Waals surface area contributed by atoms with Crippen molar-refractivity contribution < 1.29 is 14.2 Å². The minimum absolute atomic E-state index is 0.277. The van der Waals surface area contributed by atoms with E-state index in [9.17, 15) is 14.2 Å². The zero-order valence-electron chi connectivity index (χ0n) is 8.47. The number of carbonyl (C=O) groups excluding carboxylic acids is 2. The van der Waals surface area contributed by atoms with Crippen LogP contribution in [0.3, 0.4) is 0 Å². The normalized spacial score (nSPS) is 22.7. The van der Waals surface area contributed by atoms with Gasteiger partial charge in [-0.3, -0.25) is 29.8 Å². The average molecular weight is 234 g/mol. The number of hydrogen-bond acceptors (Lipinski definition) is 3. The lowest BCUT2D eigenvalue weighted by Crippen LogP contribution is -2.52. The van der Waals surface area contributed by atoms with Gasteiger partial charge in [0, 0.05) is 13.5 Å². The summed E-state index contributed by atoms with van der Waals surface area (Å²) in [6.07, 6.45) is 1.14. The monoisotopic (exact) mass is 234 g/mol. The minimum atomic E-state index is -3.55. The van der Waals surface area contributed by atoms with Gasteiger partial charge in [-0.2, -0.15) is 0 Å². The van der Waals surface area contributed by atoms with E-state index < -0.39 is 19.5 Å². The molecule has 2 amide bonds. The van der Waals surface area contributed by atoms with Gasteiger partial charge in [-0.15, -0.1) is 0 Å². The fraction of sp³-hybridized carbons (Fsp3) is 0.714. The van der Waals surface area contributed by atoms with Crippen molar-refractivity contribution in [3.63, 3.8) is 0 Å². The Kier molecular flexibility index (Phi) is 3.49. The summed E-state index contributed by atoms with van der Waals surface area (Å²) in [6.45, 7) is 1.59. The van der Waals surface area contributed by atoms with Crippen LogP contribution in [0, 0.1) is 0 Å². The van der Waals surface area contributed by atoms with Crippen LogP contribution in [-0.2, 0) is 14.2 Å². The van der Waals surface area contributed by atoms with E-state index in [0.717, 1.165) is 4.67 Å². The molecule has 1 heterocycles. The van der Waals surface area contributed by atoms with Crippen molar-refractivity contribution in [1.82, 2.24) is 9.99 Å². The molecule has 15 heavy (non-hydrogen) atoms. The Morgan fingerprint density at radius 3 is 2.67 bits per heavy atom. The Bertz CT molecular complexity index is 326. The molecular weight excluding hydrogens is 219 g/mol. The van der Waals surface area contributed by atoms with Crippen LogP contribution >= 0.6 is 7.59 Å². The highest BCUT2D eigenvalue weighted by atomic mass is 31.2. The molecule has 1 aliphatic heterocycles. The molecule has 0 aromatic rings. The molecule has 1 saturated heterocycles. The second kappa shape index (κ2) is 4.30. The topological polar surface area (TPSA) is 119 Å². The molecule has 0 unspecified atom stereocenters. The van der Waals surface area contributed by atoms with Crippen LogP contribution in [0.1, 0.15) is 19.8 Å². The van der Waals surface area contributed by atoms with Crippen LogP contribution in [0.15, 0.2) is 0 Å². The predicted octanol–water partition coefficient (Wildman–Crippen LogP) is -0.861. The third-order valence-corrected chi connectivity index (χ3v) is 3.32. The number of piperidine rings is 1. The molecule has 1 aliphatic rings. The molecule has 1 fully saturated rings. The van der Waals surface area contributed by atoms with Gasteiger partial charge in [0.1, 0.15) is 6.04 Å². The second-order valence-electron chi connectivity index (χ2n) is 3.53. The van der Waals surface area contributed by atoms with Gasteiger partial charge in [0.2, 0.25) is 5.91 Å². The van der Waals surface area contributed by atoms with Crippen LogP contribution in [0.25, 0.3) is 0 Å². The minimum Gasteiger partial charge on any atom is -0.345 e. The number of carbonyl (C=O) groups is 2. The van der Waals surface area contributed by atoms with Gasteiger partial charge in [0.15, 0.2) is 0 Å². The Morgan fingerprint density at radius 1 is 1.60 bits per heavy atom. The maximum absolute atomic E-state index is 11.7. The van der Waals surface area contributed by atoms with Gasteiger partial charge in [-0.05, 0) is 12.8 Å². The van der Waals surface area contributed by atoms with Gasteiger partial charge in [0.25, 0.3) is 5.91 Å². The SMILES string of the molecule is CC(=O)N[C@H]1CCCN(P(N)(N)=O)C1=O. The van der Waals surface area contributed by atoms with Crippen molar-refractivity contribution in [2.45, 2.75) is 25.8 Å². The van der Waals surface area contributed by atoms with E-state index in [2.05, 4.69) is 5.32 Å². The van der Waals surface area contributed by atoms with E-state index in [1.165, 1.54) is 6.92 Å². The van der Waals surface area contributed by atoms with Crippen molar-refractivity contribution in [3.05, 3.63) is 0 Å². The average Bonchev–Trinajstić information content (AvgIpc) is 2.05. The molecule has 5 N–H and O–H groups in total. The molecule has 1 atom stereocenters. The number of nitrogens with zero attached hydrogens (tertiary/aromatic N) is 1. The molecule has 8 heteroatoms. The first-order chi connectivity index (χ1) is 6.82. The zero-order chi connectivity index (χ0) is 11.6. The van der Waals surface area contributed by atoms with E-state index in [1.807, 2.05) is 0 Å². The predicted molar refractivity (Wildman–Crippen MR) is 54.5 cm³/mol. The van der Waals surface area contributed by atoms with Gasteiger partial charge in [-0.1, -0.05) is 0 Å². The smallest absolute Gasteiger partial charge is 0.302 e. The number of rotatable bonds is 2. The summed E-state index contributed by atoms with van der Waals surface area (Å²) in [5, 5.41) is 2.47. The maximum Gasteiger partial charge on any atom is 0.302 e. The van der Waals surface area contributed by atoms with Crippen LogP contribution in [0.4, 0.5) is 0 Å². The van der Waals surface area contributed by atoms with E-state index in [-0.39, 0.29) is 12.5 Å². The number of hydrogen-bond donors (Lipinski definition) is 3. The summed E-state index contributed by atoms with van der Waals surface area (Å²) in [5.41, 5.74) is 10.4. The highest BCUT2D eigenvalue weighted by Gasteiger charge is 2.35. The first-order valence-corrected chi connectivity index (χ1v) is 6.38. The standard InChI is InChI=1S/C7H15N4O3P/c1-5(12)10-6-3-2-4-11(7(6)13)15(8,9)14/h6H,2-4H2,1H3,(H,10,12)(H4,8,9,14)/t6-/m0/s1. The number of amides is 2. The summed E-state index contributed by atoms with van der Waals surface area (Å²) in [6, 6.07) is -0.656. The van der Waals surface area contributed by atoms with Gasteiger partial charge in [0.05, 0.1) is 0 Å². The molecule has 86 valence electrons. The molecule has 1 rings (SSSR count). The fourth-order valence-corrected chi connectivity index (χ4v) is 2.45. The van der Waals surface area contributed by atoms with Crippen molar-refractivity contribution in [1.29, 1.82) is 0 Å². The summed E-state index contributed by atoms with van der Waals surface area (Å²) in [4.78, 5) is 22.5. The summed E-state index contributed by atoms with van der Waals surface area (Å²) in [5.74, 6) is -0.774. The highest BCUT2D eigenvalue weighted by Crippen LogP contribution is 2.35. The zero-order valence-corrected chi connectivity index (χ0v) is 9.37. The molecular formula is C7H15N4O3P. The lowest BCUT2D eigenvalue weighted by Gasteiger charge is -2.33. The molecule has 0 aliphatic carbocycles. The fourth-order valence-electron chi connectivity index (χ4n) is 1.55. The van der Waals surface area contributed by atoms with E-state index in [0.29, 0.717) is 12.8 Å². The van der Waals surface area contributed by atoms with Crippen LogP contribution in [0.2, 0.25) is 0 Å². The molecule has 0 saturated carbocycles. The van der Waals surface area contributed by atoms with Crippen LogP contribution < -0.4 is 16.3 Å². The maximum atomic E-state index is 11.7. The largest absolute Gasteiger partial charge is 0.345 e. The molecule has 0 spiro atoms. The Morgan fingerprint density at radius 2 is 2.20 bits per heavy atom. The summed E-state index contributed by atoms with van der Waals surface area (Å²) in [7, 11) is -3.55. The van der Waals surface area contributed by atoms with Crippen molar-refractivity contribution in [3.8, 4) is 0 Å². The number of nitrogens with one attached hydrogen (secondary N) is 1. The Hall–Kier alpha value is -0.910.